The Morgan fingerprint density at radius 2 is 1.78 bits per heavy atom. The van der Waals surface area contributed by atoms with Gasteiger partial charge in [-0.25, -0.2) is 15.0 Å². The number of alkyl halides is 3. The molecule has 3 aromatic heterocycles. The molecule has 1 amide bonds. The van der Waals surface area contributed by atoms with Gasteiger partial charge in [0.05, 0.1) is 11.3 Å². The van der Waals surface area contributed by atoms with Gasteiger partial charge in [0.15, 0.2) is 0 Å². The second-order valence-electron chi connectivity index (χ2n) is 6.82. The highest BCUT2D eigenvalue weighted by atomic mass is 127. The first kappa shape index (κ1) is 24.2. The van der Waals surface area contributed by atoms with Gasteiger partial charge < -0.3 is 10.2 Å². The van der Waals surface area contributed by atoms with Crippen LogP contribution in [0, 0.1) is 6.92 Å². The van der Waals surface area contributed by atoms with Gasteiger partial charge in [0.1, 0.15) is 11.6 Å². The molecule has 168 valence electrons. The summed E-state index contributed by atoms with van der Waals surface area (Å²) >= 11 is 1.84. The third kappa shape index (κ3) is 5.65. The molecule has 32 heavy (non-hydrogen) atoms. The van der Waals surface area contributed by atoms with Crippen LogP contribution in [0.25, 0.3) is 11.1 Å². The van der Waals surface area contributed by atoms with Crippen LogP contribution in [0.5, 0.6) is 0 Å². The fourth-order valence-electron chi connectivity index (χ4n) is 2.97. The fourth-order valence-corrected chi connectivity index (χ4v) is 2.97. The Balaban J connectivity index is 0.00000141. The molecule has 12 heteroatoms. The summed E-state index contributed by atoms with van der Waals surface area (Å²) in [5, 5.41) is 2.75. The maximum Gasteiger partial charge on any atom is 0.451 e. The van der Waals surface area contributed by atoms with Gasteiger partial charge in [-0.1, -0.05) is 0 Å². The Bertz CT molecular complexity index is 1110. The molecule has 1 fully saturated rings. The molecule has 0 aliphatic carbocycles. The number of hydrogen-bond acceptors (Lipinski definition) is 7. The lowest BCUT2D eigenvalue weighted by molar-refractivity contribution is -0.144. The number of pyridine rings is 2. The van der Waals surface area contributed by atoms with E-state index in [9.17, 15) is 18.0 Å². The van der Waals surface area contributed by atoms with Gasteiger partial charge in [0.25, 0.3) is 5.91 Å². The second kappa shape index (κ2) is 10.4. The topological polar surface area (TPSA) is 83.9 Å². The van der Waals surface area contributed by atoms with E-state index >= 15 is 0 Å². The van der Waals surface area contributed by atoms with Gasteiger partial charge in [-0.15, -0.1) is 9.80 Å². The SMILES string of the molecule is Cc1ncc(-c2ccnc(Nc3ccnc(C(F)(F)F)n3)c2)cc1C(=O)N1CCC1.SI. The molecule has 0 spiro atoms. The Kier molecular flexibility index (Phi) is 7.87. The van der Waals surface area contributed by atoms with Crippen molar-refractivity contribution in [3.05, 3.63) is 59.9 Å². The summed E-state index contributed by atoms with van der Waals surface area (Å²) in [4.78, 5) is 29.6. The molecular formula is C20H18F3IN6OS. The Hall–Kier alpha value is -2.48. The van der Waals surface area contributed by atoms with Crippen LogP contribution < -0.4 is 5.32 Å². The number of nitrogens with zero attached hydrogens (tertiary/aromatic N) is 5. The number of rotatable bonds is 4. The number of likely N-dealkylation sites (tertiary alicyclic amines) is 1. The molecule has 1 aliphatic heterocycles. The van der Waals surface area contributed by atoms with Crippen LogP contribution in [0.4, 0.5) is 24.8 Å². The van der Waals surface area contributed by atoms with Crippen molar-refractivity contribution >= 4 is 48.5 Å². The highest BCUT2D eigenvalue weighted by molar-refractivity contribution is 14.2. The van der Waals surface area contributed by atoms with Crippen molar-refractivity contribution in [2.75, 3.05) is 18.4 Å². The van der Waals surface area contributed by atoms with Crippen molar-refractivity contribution in [1.29, 1.82) is 0 Å². The molecule has 7 nitrogen and oxygen atoms in total. The zero-order valence-electron chi connectivity index (χ0n) is 16.8. The Labute approximate surface area is 199 Å². The van der Waals surface area contributed by atoms with Crippen LogP contribution in [-0.4, -0.2) is 43.8 Å². The number of hydrogen-bond donors (Lipinski definition) is 2. The molecule has 3 aromatic rings. The molecule has 0 atom stereocenters. The molecule has 4 heterocycles. The summed E-state index contributed by atoms with van der Waals surface area (Å²) < 4.78 is 38.4. The normalized spacial score (nSPS) is 13.0. The van der Waals surface area contributed by atoms with Crippen LogP contribution in [0.2, 0.25) is 0 Å². The van der Waals surface area contributed by atoms with Crippen LogP contribution >= 0.6 is 31.0 Å². The van der Waals surface area contributed by atoms with Crippen molar-refractivity contribution in [1.82, 2.24) is 24.8 Å². The maximum absolute atomic E-state index is 12.8. The Morgan fingerprint density at radius 1 is 1.06 bits per heavy atom. The lowest BCUT2D eigenvalue weighted by Crippen LogP contribution is -2.42. The van der Waals surface area contributed by atoms with Crippen molar-refractivity contribution in [2.24, 2.45) is 0 Å². The average molecular weight is 574 g/mol. The highest BCUT2D eigenvalue weighted by Crippen LogP contribution is 2.28. The molecule has 0 radical (unpaired) electrons. The standard InChI is InChI=1S/C20H17F3N6O.HIS/c1-12-15(18(30)29-7-2-8-29)9-14(11-26-12)13-3-5-24-17(10-13)27-16-4-6-25-19(28-16)20(21,22)23;1-2/h3-6,9-11H,2,7-8H2,1H3,(H,24,25,27,28);2H. The van der Waals surface area contributed by atoms with Gasteiger partial charge in [-0.3, -0.25) is 9.78 Å². The first-order valence-corrected chi connectivity index (χ1v) is 12.6. The van der Waals surface area contributed by atoms with E-state index in [-0.39, 0.29) is 11.7 Å². The minimum absolute atomic E-state index is 0.0299. The summed E-state index contributed by atoms with van der Waals surface area (Å²) in [6.45, 7) is 3.26. The van der Waals surface area contributed by atoms with Gasteiger partial charge in [0, 0.05) is 37.2 Å². The van der Waals surface area contributed by atoms with Crippen LogP contribution in [-0.2, 0) is 6.18 Å². The van der Waals surface area contributed by atoms with Crippen molar-refractivity contribution in [3.8, 4) is 11.1 Å². The van der Waals surface area contributed by atoms with E-state index in [0.717, 1.165) is 25.7 Å². The number of anilines is 2. The number of aromatic nitrogens is 4. The number of halogens is 4. The summed E-state index contributed by atoms with van der Waals surface area (Å²) in [5.41, 5.74) is 2.59. The maximum atomic E-state index is 12.8. The summed E-state index contributed by atoms with van der Waals surface area (Å²) in [6.07, 6.45) is 0.546. The Morgan fingerprint density at radius 3 is 2.44 bits per heavy atom. The first-order valence-electron chi connectivity index (χ1n) is 9.38. The summed E-state index contributed by atoms with van der Waals surface area (Å²) in [5.74, 6) is -1.02. The number of thiol groups is 1. The molecule has 0 bridgehead atoms. The third-order valence-electron chi connectivity index (χ3n) is 4.72. The predicted molar refractivity (Wildman–Crippen MR) is 126 cm³/mol. The van der Waals surface area contributed by atoms with E-state index in [1.54, 1.807) is 36.2 Å². The zero-order chi connectivity index (χ0) is 23.3. The third-order valence-corrected chi connectivity index (χ3v) is 4.72. The van der Waals surface area contributed by atoms with E-state index in [4.69, 9.17) is 0 Å². The quantitative estimate of drug-likeness (QED) is 0.333. The molecular weight excluding hydrogens is 556 g/mol. The lowest BCUT2D eigenvalue weighted by Gasteiger charge is -2.31. The van der Waals surface area contributed by atoms with E-state index in [0.29, 0.717) is 28.2 Å². The van der Waals surface area contributed by atoms with Crippen LogP contribution in [0.15, 0.2) is 42.9 Å². The lowest BCUT2D eigenvalue weighted by atomic mass is 10.0. The minimum Gasteiger partial charge on any atom is -0.338 e. The number of amides is 1. The zero-order valence-corrected chi connectivity index (χ0v) is 19.8. The highest BCUT2D eigenvalue weighted by Gasteiger charge is 2.34. The van der Waals surface area contributed by atoms with Gasteiger partial charge in [-0.05, 0) is 64.4 Å². The fraction of sp³-hybridized carbons (Fsp3) is 0.250. The monoisotopic (exact) mass is 574 g/mol. The molecule has 1 N–H and O–H groups in total. The number of aryl methyl sites for hydroxylation is 1. The van der Waals surface area contributed by atoms with E-state index in [1.165, 1.54) is 12.3 Å². The largest absolute Gasteiger partial charge is 0.451 e. The molecule has 4 rings (SSSR count). The molecule has 1 aliphatic rings. The first-order chi connectivity index (χ1) is 15.3. The average Bonchev–Trinajstić information content (AvgIpc) is 2.74. The summed E-state index contributed by atoms with van der Waals surface area (Å²) in [6, 6.07) is 6.48. The number of carbonyl (C=O) groups is 1. The van der Waals surface area contributed by atoms with E-state index in [1.807, 2.05) is 21.2 Å². The molecule has 0 unspecified atom stereocenters. The van der Waals surface area contributed by atoms with Gasteiger partial charge >= 0.3 is 6.18 Å². The smallest absolute Gasteiger partial charge is 0.338 e. The number of carbonyl (C=O) groups excluding carboxylic acids is 1. The summed E-state index contributed by atoms with van der Waals surface area (Å²) in [7, 11) is 3.50. The molecule has 1 saturated heterocycles. The predicted octanol–water partition coefficient (Wildman–Crippen LogP) is 5.12. The van der Waals surface area contributed by atoms with E-state index < -0.39 is 12.0 Å². The van der Waals surface area contributed by atoms with Crippen molar-refractivity contribution in [3.63, 3.8) is 0 Å². The van der Waals surface area contributed by atoms with Gasteiger partial charge in [-0.2, -0.15) is 13.2 Å². The molecule has 0 aromatic carbocycles. The van der Waals surface area contributed by atoms with Crippen molar-refractivity contribution < 1.29 is 18.0 Å². The minimum atomic E-state index is -4.64. The van der Waals surface area contributed by atoms with Crippen molar-refractivity contribution in [2.45, 2.75) is 19.5 Å². The van der Waals surface area contributed by atoms with Crippen LogP contribution in [0.3, 0.4) is 0 Å². The molecule has 0 saturated carbocycles. The van der Waals surface area contributed by atoms with Crippen LogP contribution in [0.1, 0.15) is 28.3 Å². The number of nitrogens with one attached hydrogen (secondary N) is 1. The van der Waals surface area contributed by atoms with E-state index in [2.05, 4.69) is 35.1 Å². The second-order valence-corrected chi connectivity index (χ2v) is 6.82. The van der Waals surface area contributed by atoms with Gasteiger partial charge in [0.2, 0.25) is 5.82 Å².